The van der Waals surface area contributed by atoms with E-state index in [4.69, 9.17) is 16.3 Å². The van der Waals surface area contributed by atoms with E-state index in [-0.39, 0.29) is 5.91 Å². The Balaban J connectivity index is 1.44. The predicted octanol–water partition coefficient (Wildman–Crippen LogP) is 4.57. The lowest BCUT2D eigenvalue weighted by atomic mass is 10.1. The van der Waals surface area contributed by atoms with E-state index < -0.39 is 0 Å². The maximum atomic E-state index is 12.4. The Morgan fingerprint density at radius 3 is 3.08 bits per heavy atom. The standard InChI is InChI=1S/C19H15ClN2O2S/c20-15-3-1-2-12(8-15)9-16-11-21-19(25-16)22-18(23)14-4-5-17-13(10-14)6-7-24-17/h1-5,8,10-11H,6-7,9H2,(H,21,22,23). The van der Waals surface area contributed by atoms with Crippen LogP contribution in [-0.2, 0) is 12.8 Å². The number of ether oxygens (including phenoxy) is 1. The van der Waals surface area contributed by atoms with Crippen molar-refractivity contribution in [1.29, 1.82) is 0 Å². The molecule has 1 aliphatic rings. The molecule has 0 unspecified atom stereocenters. The molecular weight excluding hydrogens is 356 g/mol. The molecule has 4 nitrogen and oxygen atoms in total. The molecule has 0 saturated heterocycles. The summed E-state index contributed by atoms with van der Waals surface area (Å²) in [5.41, 5.74) is 2.82. The van der Waals surface area contributed by atoms with Crippen LogP contribution in [0.5, 0.6) is 5.75 Å². The Bertz CT molecular complexity index is 939. The van der Waals surface area contributed by atoms with Crippen molar-refractivity contribution in [3.05, 3.63) is 75.3 Å². The maximum absolute atomic E-state index is 12.4. The minimum Gasteiger partial charge on any atom is -0.493 e. The van der Waals surface area contributed by atoms with Gasteiger partial charge in [-0.05, 0) is 41.5 Å². The summed E-state index contributed by atoms with van der Waals surface area (Å²) < 4.78 is 5.47. The van der Waals surface area contributed by atoms with Gasteiger partial charge in [0.1, 0.15) is 5.75 Å². The van der Waals surface area contributed by atoms with Crippen molar-refractivity contribution in [3.8, 4) is 5.75 Å². The molecular formula is C19H15ClN2O2S. The number of nitrogens with zero attached hydrogens (tertiary/aromatic N) is 1. The number of hydrogen-bond acceptors (Lipinski definition) is 4. The van der Waals surface area contributed by atoms with Crippen LogP contribution in [0.25, 0.3) is 0 Å². The van der Waals surface area contributed by atoms with Crippen LogP contribution in [0.2, 0.25) is 5.02 Å². The normalized spacial score (nSPS) is 12.5. The van der Waals surface area contributed by atoms with E-state index in [2.05, 4.69) is 10.3 Å². The van der Waals surface area contributed by atoms with Gasteiger partial charge in [-0.2, -0.15) is 0 Å². The summed E-state index contributed by atoms with van der Waals surface area (Å²) in [4.78, 5) is 17.8. The lowest BCUT2D eigenvalue weighted by Crippen LogP contribution is -2.11. The highest BCUT2D eigenvalue weighted by Crippen LogP contribution is 2.27. The molecule has 0 bridgehead atoms. The minimum atomic E-state index is -0.154. The number of thiazole rings is 1. The van der Waals surface area contributed by atoms with Crippen molar-refractivity contribution in [2.24, 2.45) is 0 Å². The molecule has 2 aromatic carbocycles. The van der Waals surface area contributed by atoms with Crippen LogP contribution < -0.4 is 10.1 Å². The number of benzene rings is 2. The van der Waals surface area contributed by atoms with Crippen molar-refractivity contribution < 1.29 is 9.53 Å². The number of amides is 1. The smallest absolute Gasteiger partial charge is 0.257 e. The van der Waals surface area contributed by atoms with E-state index in [0.717, 1.165) is 39.6 Å². The van der Waals surface area contributed by atoms with Gasteiger partial charge in [-0.1, -0.05) is 23.7 Å². The second-order valence-corrected chi connectivity index (χ2v) is 7.37. The molecule has 3 aromatic rings. The van der Waals surface area contributed by atoms with Gasteiger partial charge in [0, 0.05) is 34.5 Å². The number of aromatic nitrogens is 1. The topological polar surface area (TPSA) is 51.2 Å². The molecule has 1 amide bonds. The van der Waals surface area contributed by atoms with Crippen molar-refractivity contribution in [3.63, 3.8) is 0 Å². The van der Waals surface area contributed by atoms with Crippen LogP contribution >= 0.6 is 22.9 Å². The van der Waals surface area contributed by atoms with Crippen LogP contribution in [-0.4, -0.2) is 17.5 Å². The van der Waals surface area contributed by atoms with E-state index in [1.807, 2.05) is 36.4 Å². The highest BCUT2D eigenvalue weighted by atomic mass is 35.5. The number of fused-ring (bicyclic) bond motifs is 1. The zero-order chi connectivity index (χ0) is 17.2. The predicted molar refractivity (Wildman–Crippen MR) is 100.0 cm³/mol. The summed E-state index contributed by atoms with van der Waals surface area (Å²) in [5.74, 6) is 0.716. The van der Waals surface area contributed by atoms with Gasteiger partial charge in [-0.25, -0.2) is 4.98 Å². The van der Waals surface area contributed by atoms with Crippen LogP contribution in [0.4, 0.5) is 5.13 Å². The second-order valence-electron chi connectivity index (χ2n) is 5.81. The molecule has 25 heavy (non-hydrogen) atoms. The van der Waals surface area contributed by atoms with E-state index in [9.17, 15) is 4.79 Å². The molecule has 0 saturated carbocycles. The van der Waals surface area contributed by atoms with Crippen molar-refractivity contribution in [1.82, 2.24) is 4.98 Å². The highest BCUT2D eigenvalue weighted by molar-refractivity contribution is 7.15. The first-order valence-electron chi connectivity index (χ1n) is 7.93. The van der Waals surface area contributed by atoms with E-state index in [1.165, 1.54) is 11.3 Å². The molecule has 6 heteroatoms. The zero-order valence-corrected chi connectivity index (χ0v) is 14.9. The number of hydrogen-bond donors (Lipinski definition) is 1. The monoisotopic (exact) mass is 370 g/mol. The Hall–Kier alpha value is -2.37. The SMILES string of the molecule is O=C(Nc1ncc(Cc2cccc(Cl)c2)s1)c1ccc2c(c1)CCO2. The molecule has 4 rings (SSSR count). The average molecular weight is 371 g/mol. The van der Waals surface area contributed by atoms with E-state index >= 15 is 0 Å². The van der Waals surface area contributed by atoms with Gasteiger partial charge in [-0.15, -0.1) is 11.3 Å². The molecule has 0 radical (unpaired) electrons. The number of nitrogens with one attached hydrogen (secondary N) is 1. The fraction of sp³-hybridized carbons (Fsp3) is 0.158. The number of halogens is 1. The maximum Gasteiger partial charge on any atom is 0.257 e. The quantitative estimate of drug-likeness (QED) is 0.731. The van der Waals surface area contributed by atoms with Gasteiger partial charge in [0.25, 0.3) is 5.91 Å². The van der Waals surface area contributed by atoms with Gasteiger partial charge in [0.2, 0.25) is 0 Å². The van der Waals surface area contributed by atoms with Crippen molar-refractivity contribution in [2.75, 3.05) is 11.9 Å². The minimum absolute atomic E-state index is 0.154. The Morgan fingerprint density at radius 1 is 1.28 bits per heavy atom. The third-order valence-corrected chi connectivity index (χ3v) is 5.14. The van der Waals surface area contributed by atoms with Crippen LogP contribution in [0, 0.1) is 0 Å². The van der Waals surface area contributed by atoms with Gasteiger partial charge < -0.3 is 4.74 Å². The summed E-state index contributed by atoms with van der Waals surface area (Å²) in [6.45, 7) is 0.680. The number of rotatable bonds is 4. The third-order valence-electron chi connectivity index (χ3n) is 3.99. The summed E-state index contributed by atoms with van der Waals surface area (Å²) in [7, 11) is 0. The molecule has 0 spiro atoms. The zero-order valence-electron chi connectivity index (χ0n) is 13.3. The molecule has 0 aliphatic carbocycles. The van der Waals surface area contributed by atoms with E-state index in [0.29, 0.717) is 17.3 Å². The number of carbonyl (C=O) groups excluding carboxylic acids is 1. The van der Waals surface area contributed by atoms with Gasteiger partial charge in [0.05, 0.1) is 6.61 Å². The lowest BCUT2D eigenvalue weighted by molar-refractivity contribution is 0.102. The molecule has 0 atom stereocenters. The first-order chi connectivity index (χ1) is 12.2. The van der Waals surface area contributed by atoms with Crippen LogP contribution in [0.3, 0.4) is 0 Å². The molecule has 1 aromatic heterocycles. The van der Waals surface area contributed by atoms with Gasteiger partial charge in [-0.3, -0.25) is 10.1 Å². The van der Waals surface area contributed by atoms with Crippen LogP contribution in [0.1, 0.15) is 26.4 Å². The largest absolute Gasteiger partial charge is 0.493 e. The van der Waals surface area contributed by atoms with Crippen molar-refractivity contribution in [2.45, 2.75) is 12.8 Å². The summed E-state index contributed by atoms with van der Waals surface area (Å²) >= 11 is 7.49. The molecule has 1 N–H and O–H groups in total. The molecule has 2 heterocycles. The summed E-state index contributed by atoms with van der Waals surface area (Å²) in [6.07, 6.45) is 3.37. The Kier molecular flexibility index (Phi) is 4.42. The highest BCUT2D eigenvalue weighted by Gasteiger charge is 2.16. The molecule has 126 valence electrons. The fourth-order valence-corrected chi connectivity index (χ4v) is 3.85. The Labute approximate surface area is 154 Å². The second kappa shape index (κ2) is 6.86. The fourth-order valence-electron chi connectivity index (χ4n) is 2.79. The van der Waals surface area contributed by atoms with Gasteiger partial charge in [0.15, 0.2) is 5.13 Å². The van der Waals surface area contributed by atoms with E-state index in [1.54, 1.807) is 12.3 Å². The number of carbonyl (C=O) groups is 1. The van der Waals surface area contributed by atoms with Crippen molar-refractivity contribution >= 4 is 34.0 Å². The molecule has 0 fully saturated rings. The third kappa shape index (κ3) is 3.67. The van der Waals surface area contributed by atoms with Crippen LogP contribution in [0.15, 0.2) is 48.7 Å². The summed E-state index contributed by atoms with van der Waals surface area (Å²) in [5, 5.41) is 4.18. The Morgan fingerprint density at radius 2 is 2.20 bits per heavy atom. The van der Waals surface area contributed by atoms with Gasteiger partial charge >= 0.3 is 0 Å². The first kappa shape index (κ1) is 16.1. The number of anilines is 1. The first-order valence-corrected chi connectivity index (χ1v) is 9.13. The summed E-state index contributed by atoms with van der Waals surface area (Å²) in [6, 6.07) is 13.3. The average Bonchev–Trinajstić information content (AvgIpc) is 3.23. The lowest BCUT2D eigenvalue weighted by Gasteiger charge is -2.04. The molecule has 1 aliphatic heterocycles.